The number of hydrogen-bond donors (Lipinski definition) is 3. The standard InChI is InChI=1S/C53H58N4O10/c1-3-26-64-53-48(57(51(60)38-19-16-35(31-54)17-20-38)33-37-18-22-46-47(27-37)63-34-62-46)30-44(56-65-4-2)42-28-39(14-8-10-24-58)41(15-9-11-25-59)49(50(42)53)43-29-40(21-23-45(43)67-53)66-52(61)55-32-36-12-6-5-7-13-36/h3,5-7,12-13,16-23,27-29,39,41,48-50,58-59H,1,4,8-11,14-15,24-26,30,32-34H2,2H3,(H,55,61). The van der Waals surface area contributed by atoms with Gasteiger partial charge in [-0.1, -0.05) is 66.5 Å². The monoisotopic (exact) mass is 910 g/mol. The van der Waals surface area contributed by atoms with E-state index in [1.807, 2.05) is 61.5 Å². The van der Waals surface area contributed by atoms with Crippen molar-refractivity contribution in [3.63, 3.8) is 0 Å². The van der Waals surface area contributed by atoms with Crippen molar-refractivity contribution >= 4 is 17.7 Å². The van der Waals surface area contributed by atoms with Crippen molar-refractivity contribution in [2.24, 2.45) is 22.9 Å². The third-order valence-electron chi connectivity index (χ3n) is 13.1. The largest absolute Gasteiger partial charge is 0.459 e. The molecular weight excluding hydrogens is 853 g/mol. The number of rotatable bonds is 20. The molecule has 2 heterocycles. The maximum absolute atomic E-state index is 15.4. The summed E-state index contributed by atoms with van der Waals surface area (Å²) in [6.07, 6.45) is 7.74. The van der Waals surface area contributed by atoms with E-state index in [2.05, 4.69) is 24.0 Å². The number of nitriles is 1. The minimum atomic E-state index is -1.55. The van der Waals surface area contributed by atoms with Gasteiger partial charge in [0.1, 0.15) is 24.1 Å². The summed E-state index contributed by atoms with van der Waals surface area (Å²) in [5.74, 6) is -0.889. The minimum Gasteiger partial charge on any atom is -0.459 e. The zero-order valence-electron chi connectivity index (χ0n) is 37.8. The van der Waals surface area contributed by atoms with Crippen molar-refractivity contribution in [1.29, 1.82) is 5.26 Å². The molecule has 2 amide bonds. The molecule has 4 aromatic carbocycles. The first-order valence-electron chi connectivity index (χ1n) is 23.2. The van der Waals surface area contributed by atoms with Crippen LogP contribution in [0.3, 0.4) is 0 Å². The topological polar surface area (TPSA) is 181 Å². The van der Waals surface area contributed by atoms with Gasteiger partial charge in [-0.3, -0.25) is 4.79 Å². The molecule has 14 nitrogen and oxygen atoms in total. The van der Waals surface area contributed by atoms with E-state index in [0.717, 1.165) is 47.9 Å². The first-order valence-corrected chi connectivity index (χ1v) is 23.2. The van der Waals surface area contributed by atoms with E-state index in [9.17, 15) is 20.3 Å². The molecule has 6 atom stereocenters. The van der Waals surface area contributed by atoms with Gasteiger partial charge in [-0.2, -0.15) is 5.26 Å². The number of amides is 2. The highest BCUT2D eigenvalue weighted by molar-refractivity contribution is 6.03. The fourth-order valence-electron chi connectivity index (χ4n) is 10.2. The number of nitrogens with one attached hydrogen (secondary N) is 1. The molecular formula is C53H58N4O10. The van der Waals surface area contributed by atoms with Crippen LogP contribution in [-0.4, -0.2) is 77.9 Å². The Balaban J connectivity index is 1.31. The Morgan fingerprint density at radius 2 is 1.70 bits per heavy atom. The van der Waals surface area contributed by atoms with E-state index >= 15 is 4.79 Å². The molecule has 67 heavy (non-hydrogen) atoms. The summed E-state index contributed by atoms with van der Waals surface area (Å²) in [5, 5.41) is 37.3. The molecule has 0 spiro atoms. The summed E-state index contributed by atoms with van der Waals surface area (Å²) >= 11 is 0. The van der Waals surface area contributed by atoms with E-state index in [1.165, 1.54) is 0 Å². The van der Waals surface area contributed by atoms with E-state index in [-0.39, 0.29) is 69.8 Å². The summed E-state index contributed by atoms with van der Waals surface area (Å²) in [7, 11) is 0. The molecule has 4 aromatic rings. The number of allylic oxidation sites excluding steroid dienone is 1. The maximum atomic E-state index is 15.4. The van der Waals surface area contributed by atoms with Gasteiger partial charge in [0.15, 0.2) is 11.5 Å². The van der Waals surface area contributed by atoms with Gasteiger partial charge in [-0.25, -0.2) is 4.79 Å². The number of aliphatic hydroxyl groups is 2. The smallest absolute Gasteiger partial charge is 0.412 e. The normalized spacial score (nSPS) is 22.6. The molecule has 2 aliphatic carbocycles. The number of hydrogen-bond acceptors (Lipinski definition) is 12. The van der Waals surface area contributed by atoms with Gasteiger partial charge < -0.3 is 49.0 Å². The van der Waals surface area contributed by atoms with E-state index in [4.69, 9.17) is 33.7 Å². The van der Waals surface area contributed by atoms with Crippen LogP contribution >= 0.6 is 0 Å². The summed E-state index contributed by atoms with van der Waals surface area (Å²) in [5.41, 5.74) is 4.79. The Labute approximate surface area is 391 Å². The Morgan fingerprint density at radius 3 is 2.45 bits per heavy atom. The number of carbonyl (C=O) groups is 2. The van der Waals surface area contributed by atoms with Crippen LogP contribution in [0.1, 0.15) is 90.4 Å². The maximum Gasteiger partial charge on any atom is 0.412 e. The van der Waals surface area contributed by atoms with Crippen LogP contribution < -0.4 is 24.3 Å². The Hall–Kier alpha value is -6.66. The number of oxime groups is 1. The zero-order chi connectivity index (χ0) is 46.8. The lowest BCUT2D eigenvalue weighted by Crippen LogP contribution is -2.70. The highest BCUT2D eigenvalue weighted by Crippen LogP contribution is 2.62. The molecule has 14 heteroatoms. The molecule has 4 aliphatic rings. The second-order valence-corrected chi connectivity index (χ2v) is 17.2. The Bertz CT molecular complexity index is 2490. The van der Waals surface area contributed by atoms with Crippen LogP contribution in [0, 0.1) is 29.1 Å². The molecule has 0 radical (unpaired) electrons. The van der Waals surface area contributed by atoms with Gasteiger partial charge in [0.05, 0.1) is 29.9 Å². The molecule has 2 aliphatic heterocycles. The summed E-state index contributed by atoms with van der Waals surface area (Å²) < 4.78 is 31.9. The van der Waals surface area contributed by atoms with Crippen molar-refractivity contribution in [3.05, 3.63) is 143 Å². The predicted octanol–water partition coefficient (Wildman–Crippen LogP) is 8.57. The summed E-state index contributed by atoms with van der Waals surface area (Å²) in [4.78, 5) is 36.4. The quantitative estimate of drug-likeness (QED) is 0.0439. The van der Waals surface area contributed by atoms with Crippen molar-refractivity contribution in [1.82, 2.24) is 10.2 Å². The average molecular weight is 911 g/mol. The van der Waals surface area contributed by atoms with Crippen molar-refractivity contribution in [3.8, 4) is 29.1 Å². The fourth-order valence-corrected chi connectivity index (χ4v) is 10.2. The Morgan fingerprint density at radius 1 is 0.940 bits per heavy atom. The van der Waals surface area contributed by atoms with E-state index in [0.29, 0.717) is 59.3 Å². The lowest BCUT2D eigenvalue weighted by atomic mass is 9.55. The summed E-state index contributed by atoms with van der Waals surface area (Å²) in [6.45, 7) is 6.86. The Kier molecular flexibility index (Phi) is 15.2. The predicted molar refractivity (Wildman–Crippen MR) is 249 cm³/mol. The first-order chi connectivity index (χ1) is 32.8. The first kappa shape index (κ1) is 46.9. The SMILES string of the molecule is C=CCOC12Oc3ccc(OC(=O)NCc4ccccc4)cc3C3C(CCCCO)C(CCCCO)C=C(C(=NOCC)CC1N(Cc1ccc4c(c1)OCO4)C(=O)c1ccc(C#N)cc1)C32. The lowest BCUT2D eigenvalue weighted by Gasteiger charge is -2.60. The van der Waals surface area contributed by atoms with Crippen LogP contribution in [0.15, 0.2) is 120 Å². The van der Waals surface area contributed by atoms with Gasteiger partial charge in [0.25, 0.3) is 5.91 Å². The number of fused-ring (bicyclic) bond motifs is 3. The molecule has 1 fully saturated rings. The highest BCUT2D eigenvalue weighted by Gasteiger charge is 2.65. The molecule has 0 bridgehead atoms. The van der Waals surface area contributed by atoms with E-state index in [1.54, 1.807) is 47.4 Å². The summed E-state index contributed by atoms with van der Waals surface area (Å²) in [6, 6.07) is 28.4. The van der Waals surface area contributed by atoms with Gasteiger partial charge >= 0.3 is 6.09 Å². The van der Waals surface area contributed by atoms with Crippen LogP contribution in [0.5, 0.6) is 23.0 Å². The average Bonchev–Trinajstić information content (AvgIpc) is 3.83. The van der Waals surface area contributed by atoms with Crippen LogP contribution in [0.2, 0.25) is 0 Å². The second kappa shape index (κ2) is 21.8. The third kappa shape index (κ3) is 10.2. The van der Waals surface area contributed by atoms with Gasteiger partial charge in [-0.15, -0.1) is 6.58 Å². The number of nitrogens with zero attached hydrogens (tertiary/aromatic N) is 3. The van der Waals surface area contributed by atoms with Crippen molar-refractivity contribution < 1.29 is 48.3 Å². The molecule has 3 N–H and O–H groups in total. The molecule has 8 rings (SSSR count). The number of aliphatic hydroxyl groups excluding tert-OH is 2. The molecule has 0 aromatic heterocycles. The second-order valence-electron chi connectivity index (χ2n) is 17.2. The van der Waals surface area contributed by atoms with Crippen LogP contribution in [-0.2, 0) is 22.7 Å². The van der Waals surface area contributed by atoms with Gasteiger partial charge in [-0.05, 0) is 116 Å². The van der Waals surface area contributed by atoms with E-state index < -0.39 is 23.8 Å². The third-order valence-corrected chi connectivity index (χ3v) is 13.1. The minimum absolute atomic E-state index is 0.00307. The molecule has 1 saturated carbocycles. The number of unbranched alkanes of at least 4 members (excludes halogenated alkanes) is 2. The van der Waals surface area contributed by atoms with Crippen LogP contribution in [0.25, 0.3) is 0 Å². The number of ether oxygens (including phenoxy) is 5. The molecule has 0 saturated heterocycles. The van der Waals surface area contributed by atoms with Crippen molar-refractivity contribution in [2.75, 3.05) is 33.2 Å². The van der Waals surface area contributed by atoms with Gasteiger partial charge in [0, 0.05) is 49.8 Å². The fraction of sp³-hybridized carbons (Fsp3) is 0.396. The molecule has 6 unspecified atom stereocenters. The van der Waals surface area contributed by atoms with Gasteiger partial charge in [0.2, 0.25) is 12.6 Å². The molecule has 350 valence electrons. The lowest BCUT2D eigenvalue weighted by molar-refractivity contribution is -0.255. The number of carbonyl (C=O) groups excluding carboxylic acids is 2. The van der Waals surface area contributed by atoms with Crippen LogP contribution in [0.4, 0.5) is 4.79 Å². The highest BCUT2D eigenvalue weighted by atomic mass is 16.7. The zero-order valence-corrected chi connectivity index (χ0v) is 37.8. The van der Waals surface area contributed by atoms with Crippen molar-refractivity contribution in [2.45, 2.75) is 82.7 Å². The number of benzene rings is 4.